The van der Waals surface area contributed by atoms with Crippen molar-refractivity contribution in [2.45, 2.75) is 31.5 Å². The van der Waals surface area contributed by atoms with Crippen molar-refractivity contribution in [2.75, 3.05) is 11.5 Å². The fourth-order valence-electron chi connectivity index (χ4n) is 1.46. The molecule has 3 saturated heterocycles. The van der Waals surface area contributed by atoms with Crippen LogP contribution in [0.5, 0.6) is 0 Å². The molecule has 3 fully saturated rings. The Labute approximate surface area is 60.2 Å². The Morgan fingerprint density at radius 3 is 2.22 bits per heavy atom. The van der Waals surface area contributed by atoms with Gasteiger partial charge in [-0.25, -0.2) is 0 Å². The van der Waals surface area contributed by atoms with Crippen LogP contribution in [0.4, 0.5) is 0 Å². The fraction of sp³-hybridized carbons (Fsp3) is 1.00. The molecular weight excluding hydrogens is 132 g/mol. The van der Waals surface area contributed by atoms with E-state index in [4.69, 9.17) is 4.74 Å². The van der Waals surface area contributed by atoms with Gasteiger partial charge in [0, 0.05) is 0 Å². The van der Waals surface area contributed by atoms with Gasteiger partial charge in [0.2, 0.25) is 0 Å². The molecule has 0 aromatic heterocycles. The van der Waals surface area contributed by atoms with E-state index in [2.05, 4.69) is 11.8 Å². The van der Waals surface area contributed by atoms with Gasteiger partial charge in [0.1, 0.15) is 0 Å². The van der Waals surface area contributed by atoms with Gasteiger partial charge in [-0.05, 0) is 30.8 Å². The van der Waals surface area contributed by atoms with Gasteiger partial charge in [0.05, 0.1) is 12.2 Å². The fourth-order valence-corrected chi connectivity index (χ4v) is 2.52. The topological polar surface area (TPSA) is 9.23 Å². The maximum atomic E-state index is 5.57. The molecule has 0 aromatic carbocycles. The van der Waals surface area contributed by atoms with E-state index in [0.29, 0.717) is 12.2 Å². The van der Waals surface area contributed by atoms with Gasteiger partial charge in [0.15, 0.2) is 0 Å². The summed E-state index contributed by atoms with van der Waals surface area (Å²) < 4.78 is 5.57. The molecule has 3 aliphatic heterocycles. The second-order valence-electron chi connectivity index (χ2n) is 2.81. The number of hydrogen-bond donors (Lipinski definition) is 0. The van der Waals surface area contributed by atoms with E-state index in [1.165, 1.54) is 30.8 Å². The number of thioether (sulfide) groups is 1. The van der Waals surface area contributed by atoms with Crippen LogP contribution in [0.1, 0.15) is 19.3 Å². The molecule has 0 amide bonds. The van der Waals surface area contributed by atoms with Gasteiger partial charge in [-0.2, -0.15) is 11.8 Å². The first-order valence-corrected chi connectivity index (χ1v) is 4.84. The molecule has 0 N–H and O–H groups in total. The van der Waals surface area contributed by atoms with Gasteiger partial charge in [-0.3, -0.25) is 0 Å². The molecule has 2 atom stereocenters. The minimum atomic E-state index is 0.641. The lowest BCUT2D eigenvalue weighted by molar-refractivity contribution is -0.125. The van der Waals surface area contributed by atoms with E-state index in [-0.39, 0.29) is 0 Å². The third kappa shape index (κ3) is 1.24. The highest BCUT2D eigenvalue weighted by Gasteiger charge is 2.30. The third-order valence-electron chi connectivity index (χ3n) is 2.08. The average molecular weight is 144 g/mol. The van der Waals surface area contributed by atoms with E-state index in [0.717, 1.165) is 0 Å². The first-order valence-electron chi connectivity index (χ1n) is 3.68. The number of hydrogen-bond acceptors (Lipinski definition) is 2. The quantitative estimate of drug-likeness (QED) is 0.511. The molecule has 0 saturated carbocycles. The van der Waals surface area contributed by atoms with E-state index in [1.54, 1.807) is 0 Å². The highest BCUT2D eigenvalue weighted by Crippen LogP contribution is 2.30. The zero-order valence-electron chi connectivity index (χ0n) is 5.51. The molecule has 0 spiro atoms. The molecular formula is C7H12OS. The van der Waals surface area contributed by atoms with Gasteiger partial charge >= 0.3 is 0 Å². The molecule has 0 radical (unpaired) electrons. The highest BCUT2D eigenvalue weighted by molar-refractivity contribution is 7.99. The first-order chi connectivity index (χ1) is 4.45. The maximum Gasteiger partial charge on any atom is 0.0611 e. The normalized spacial score (nSPS) is 42.7. The van der Waals surface area contributed by atoms with Crippen molar-refractivity contribution in [3.63, 3.8) is 0 Å². The number of fused-ring (bicyclic) bond motifs is 4. The van der Waals surface area contributed by atoms with Gasteiger partial charge in [0.25, 0.3) is 0 Å². The second kappa shape index (κ2) is 2.51. The summed E-state index contributed by atoms with van der Waals surface area (Å²) in [6.45, 7) is 0. The molecule has 1 nitrogen and oxygen atoms in total. The molecule has 2 heteroatoms. The molecule has 0 aromatic rings. The molecule has 52 valence electrons. The summed E-state index contributed by atoms with van der Waals surface area (Å²) >= 11 is 2.08. The maximum absolute atomic E-state index is 5.57. The van der Waals surface area contributed by atoms with E-state index in [1.807, 2.05) is 0 Å². The highest BCUT2D eigenvalue weighted by atomic mass is 32.2. The number of rotatable bonds is 0. The second-order valence-corrected chi connectivity index (χ2v) is 4.03. The Balaban J connectivity index is 1.85. The van der Waals surface area contributed by atoms with Crippen LogP contribution in [-0.4, -0.2) is 23.7 Å². The smallest absolute Gasteiger partial charge is 0.0611 e. The summed E-state index contributed by atoms with van der Waals surface area (Å²) in [5.74, 6) is 2.63. The molecule has 3 aliphatic rings. The summed E-state index contributed by atoms with van der Waals surface area (Å²) in [6.07, 6.45) is 5.22. The molecule has 2 bridgehead atoms. The minimum absolute atomic E-state index is 0.641. The Morgan fingerprint density at radius 2 is 1.67 bits per heavy atom. The lowest BCUT2D eigenvalue weighted by atomic mass is 10.0. The lowest BCUT2D eigenvalue weighted by Gasteiger charge is -2.37. The van der Waals surface area contributed by atoms with Crippen LogP contribution in [0.15, 0.2) is 0 Å². The predicted octanol–water partition coefficient (Wildman–Crippen LogP) is 1.67. The summed E-state index contributed by atoms with van der Waals surface area (Å²) in [6, 6.07) is 0. The zero-order chi connectivity index (χ0) is 6.10. The van der Waals surface area contributed by atoms with Crippen LogP contribution >= 0.6 is 11.8 Å². The summed E-state index contributed by atoms with van der Waals surface area (Å²) in [5, 5.41) is 0. The third-order valence-corrected chi connectivity index (χ3v) is 3.13. The predicted molar refractivity (Wildman–Crippen MR) is 39.8 cm³/mol. The number of ether oxygens (including phenoxy) is 1. The zero-order valence-corrected chi connectivity index (χ0v) is 6.32. The minimum Gasteiger partial charge on any atom is -0.375 e. The van der Waals surface area contributed by atoms with E-state index in [9.17, 15) is 0 Å². The molecule has 2 unspecified atom stereocenters. The van der Waals surface area contributed by atoms with Crippen LogP contribution in [0.25, 0.3) is 0 Å². The molecule has 3 rings (SSSR count). The lowest BCUT2D eigenvalue weighted by Crippen LogP contribution is -2.39. The average Bonchev–Trinajstić information content (AvgIpc) is 1.54. The summed E-state index contributed by atoms with van der Waals surface area (Å²) in [7, 11) is 0. The van der Waals surface area contributed by atoms with Crippen molar-refractivity contribution in [1.29, 1.82) is 0 Å². The standard InChI is InChI=1S/C7H12OS/c1-3-9-4-2-7-5-6(1)8-7/h6-7H,1-5H2. The van der Waals surface area contributed by atoms with Gasteiger partial charge < -0.3 is 4.74 Å². The van der Waals surface area contributed by atoms with Crippen molar-refractivity contribution < 1.29 is 4.74 Å². The van der Waals surface area contributed by atoms with Crippen molar-refractivity contribution in [1.82, 2.24) is 0 Å². The van der Waals surface area contributed by atoms with Crippen molar-refractivity contribution in [2.24, 2.45) is 0 Å². The summed E-state index contributed by atoms with van der Waals surface area (Å²) in [5.41, 5.74) is 0. The summed E-state index contributed by atoms with van der Waals surface area (Å²) in [4.78, 5) is 0. The molecule has 0 aliphatic carbocycles. The van der Waals surface area contributed by atoms with Gasteiger partial charge in [-0.15, -0.1) is 0 Å². The van der Waals surface area contributed by atoms with Crippen LogP contribution in [-0.2, 0) is 4.74 Å². The molecule has 3 heterocycles. The van der Waals surface area contributed by atoms with Crippen LogP contribution in [0.3, 0.4) is 0 Å². The van der Waals surface area contributed by atoms with Gasteiger partial charge in [-0.1, -0.05) is 0 Å². The largest absolute Gasteiger partial charge is 0.375 e. The first kappa shape index (κ1) is 6.05. The SMILES string of the molecule is C1CC2CC(CCS1)O2. The van der Waals surface area contributed by atoms with E-state index >= 15 is 0 Å². The Bertz CT molecular complexity index is 83.6. The Hall–Kier alpha value is 0.310. The monoisotopic (exact) mass is 144 g/mol. The van der Waals surface area contributed by atoms with Crippen molar-refractivity contribution in [3.05, 3.63) is 0 Å². The van der Waals surface area contributed by atoms with Crippen molar-refractivity contribution >= 4 is 11.8 Å². The Morgan fingerprint density at radius 1 is 1.11 bits per heavy atom. The molecule has 9 heavy (non-hydrogen) atoms. The van der Waals surface area contributed by atoms with Crippen LogP contribution in [0, 0.1) is 0 Å². The van der Waals surface area contributed by atoms with E-state index < -0.39 is 0 Å². The van der Waals surface area contributed by atoms with Crippen molar-refractivity contribution in [3.8, 4) is 0 Å². The van der Waals surface area contributed by atoms with Crippen LogP contribution < -0.4 is 0 Å². The van der Waals surface area contributed by atoms with Crippen LogP contribution in [0.2, 0.25) is 0 Å². The Kier molecular flexibility index (Phi) is 1.68.